The molecule has 0 heterocycles. The summed E-state index contributed by atoms with van der Waals surface area (Å²) in [7, 11) is 3.77. The second kappa shape index (κ2) is 5.59. The van der Waals surface area contributed by atoms with Gasteiger partial charge in [0, 0.05) is 19.1 Å². The fraction of sp³-hybridized carbons (Fsp3) is 0.778. The van der Waals surface area contributed by atoms with E-state index in [0.29, 0.717) is 13.1 Å². The molecule has 82 valence electrons. The molecule has 0 spiro atoms. The Morgan fingerprint density at radius 3 is 2.14 bits per heavy atom. The van der Waals surface area contributed by atoms with Crippen LogP contribution in [-0.4, -0.2) is 60.0 Å². The van der Waals surface area contributed by atoms with Gasteiger partial charge in [0.15, 0.2) is 0 Å². The van der Waals surface area contributed by atoms with Gasteiger partial charge in [0.05, 0.1) is 0 Å². The first-order valence-corrected chi connectivity index (χ1v) is 4.58. The monoisotopic (exact) mass is 202 g/mol. The lowest BCUT2D eigenvalue weighted by Gasteiger charge is -2.28. The molecule has 0 aliphatic heterocycles. The Kier molecular flexibility index (Phi) is 5.15. The summed E-state index contributed by atoms with van der Waals surface area (Å²) >= 11 is 0. The van der Waals surface area contributed by atoms with E-state index in [-0.39, 0.29) is 6.04 Å². The lowest BCUT2D eigenvalue weighted by atomic mass is 10.2. The van der Waals surface area contributed by atoms with Gasteiger partial charge in [0.25, 0.3) is 0 Å². The fourth-order valence-electron chi connectivity index (χ4n) is 1.41. The summed E-state index contributed by atoms with van der Waals surface area (Å²) in [5.41, 5.74) is 0. The minimum Gasteiger partial charge on any atom is -0.474 e. The van der Waals surface area contributed by atoms with Crippen LogP contribution < -0.4 is 0 Å². The Morgan fingerprint density at radius 2 is 1.86 bits per heavy atom. The summed E-state index contributed by atoms with van der Waals surface area (Å²) in [5, 5.41) is 8.56. The van der Waals surface area contributed by atoms with Gasteiger partial charge in [-0.1, -0.05) is 0 Å². The molecule has 1 amide bonds. The van der Waals surface area contributed by atoms with Crippen molar-refractivity contribution < 1.29 is 14.7 Å². The van der Waals surface area contributed by atoms with Crippen molar-refractivity contribution in [2.24, 2.45) is 0 Å². The third-order valence-electron chi connectivity index (χ3n) is 1.95. The van der Waals surface area contributed by atoms with Crippen molar-refractivity contribution in [3.8, 4) is 0 Å². The molecule has 0 aliphatic carbocycles. The zero-order chi connectivity index (χ0) is 11.3. The largest absolute Gasteiger partial charge is 0.474 e. The van der Waals surface area contributed by atoms with Crippen molar-refractivity contribution in [1.29, 1.82) is 0 Å². The van der Waals surface area contributed by atoms with E-state index in [2.05, 4.69) is 0 Å². The first-order chi connectivity index (χ1) is 6.40. The topological polar surface area (TPSA) is 60.9 Å². The summed E-state index contributed by atoms with van der Waals surface area (Å²) < 4.78 is 0. The van der Waals surface area contributed by atoms with Gasteiger partial charge < -0.3 is 14.9 Å². The molecule has 0 aliphatic rings. The summed E-state index contributed by atoms with van der Waals surface area (Å²) in [4.78, 5) is 25.0. The number of likely N-dealkylation sites (N-methyl/N-ethyl adjacent to an activating group) is 2. The van der Waals surface area contributed by atoms with Crippen molar-refractivity contribution in [2.45, 2.75) is 19.9 Å². The molecule has 0 rings (SSSR count). The lowest BCUT2D eigenvalue weighted by Crippen LogP contribution is -2.46. The fourth-order valence-corrected chi connectivity index (χ4v) is 1.41. The summed E-state index contributed by atoms with van der Waals surface area (Å²) in [6, 6.07) is -0.0846. The van der Waals surface area contributed by atoms with Gasteiger partial charge in [0.2, 0.25) is 0 Å². The minimum absolute atomic E-state index is 0.0846. The predicted molar refractivity (Wildman–Crippen MR) is 53.0 cm³/mol. The smallest absolute Gasteiger partial charge is 0.394 e. The van der Waals surface area contributed by atoms with Crippen LogP contribution in [0.1, 0.15) is 13.8 Å². The molecular formula is C9H18N2O3. The highest BCUT2D eigenvalue weighted by Gasteiger charge is 2.24. The van der Waals surface area contributed by atoms with E-state index in [9.17, 15) is 9.59 Å². The molecule has 14 heavy (non-hydrogen) atoms. The second-order valence-electron chi connectivity index (χ2n) is 3.51. The van der Waals surface area contributed by atoms with Crippen LogP contribution in [0.4, 0.5) is 0 Å². The highest BCUT2D eigenvalue weighted by molar-refractivity contribution is 6.31. The number of aliphatic carboxylic acids is 1. The normalized spacial score (nSPS) is 12.6. The van der Waals surface area contributed by atoms with Crippen LogP contribution in [0.3, 0.4) is 0 Å². The molecule has 0 bridgehead atoms. The standard InChI is InChI=1S/C9H18N2O3/c1-5-11(8(12)9(13)14)7(2)6-10(3)4/h7H,5-6H2,1-4H3,(H,13,14). The third-order valence-corrected chi connectivity index (χ3v) is 1.95. The molecule has 5 nitrogen and oxygen atoms in total. The van der Waals surface area contributed by atoms with E-state index in [1.807, 2.05) is 25.9 Å². The molecule has 1 unspecified atom stereocenters. The van der Waals surface area contributed by atoms with Gasteiger partial charge in [0.1, 0.15) is 0 Å². The number of nitrogens with zero attached hydrogens (tertiary/aromatic N) is 2. The number of amides is 1. The molecule has 0 saturated heterocycles. The van der Waals surface area contributed by atoms with Gasteiger partial charge in [-0.3, -0.25) is 4.79 Å². The Labute approximate surface area is 84.3 Å². The van der Waals surface area contributed by atoms with E-state index >= 15 is 0 Å². The maximum atomic E-state index is 11.2. The Morgan fingerprint density at radius 1 is 1.36 bits per heavy atom. The number of rotatable bonds is 4. The molecule has 0 aromatic rings. The molecule has 0 aromatic carbocycles. The molecule has 0 fully saturated rings. The van der Waals surface area contributed by atoms with Crippen LogP contribution in [0.15, 0.2) is 0 Å². The Hall–Kier alpha value is -1.10. The zero-order valence-electron chi connectivity index (χ0n) is 9.15. The van der Waals surface area contributed by atoms with E-state index in [1.165, 1.54) is 4.90 Å². The number of carbonyl (C=O) groups excluding carboxylic acids is 1. The number of carbonyl (C=O) groups is 2. The van der Waals surface area contributed by atoms with Crippen molar-refractivity contribution in [2.75, 3.05) is 27.2 Å². The number of hydrogen-bond acceptors (Lipinski definition) is 3. The van der Waals surface area contributed by atoms with E-state index < -0.39 is 11.9 Å². The predicted octanol–water partition coefficient (Wildman–Crippen LogP) is -0.130. The molecule has 1 atom stereocenters. The van der Waals surface area contributed by atoms with Gasteiger partial charge in [-0.05, 0) is 27.9 Å². The number of carboxylic acid groups (broad SMARTS) is 1. The van der Waals surface area contributed by atoms with Gasteiger partial charge in [-0.2, -0.15) is 0 Å². The third kappa shape index (κ3) is 3.74. The second-order valence-corrected chi connectivity index (χ2v) is 3.51. The highest BCUT2D eigenvalue weighted by atomic mass is 16.4. The van der Waals surface area contributed by atoms with Gasteiger partial charge >= 0.3 is 11.9 Å². The molecule has 0 saturated carbocycles. The van der Waals surface area contributed by atoms with Crippen LogP contribution in [0.5, 0.6) is 0 Å². The van der Waals surface area contributed by atoms with E-state index in [0.717, 1.165) is 0 Å². The molecule has 5 heteroatoms. The van der Waals surface area contributed by atoms with Crippen LogP contribution in [-0.2, 0) is 9.59 Å². The maximum absolute atomic E-state index is 11.2. The molecular weight excluding hydrogens is 184 g/mol. The first kappa shape index (κ1) is 12.9. The average Bonchev–Trinajstić information content (AvgIpc) is 2.03. The van der Waals surface area contributed by atoms with E-state index in [4.69, 9.17) is 5.11 Å². The minimum atomic E-state index is -1.39. The SMILES string of the molecule is CCN(C(=O)C(=O)O)C(C)CN(C)C. The maximum Gasteiger partial charge on any atom is 0.394 e. The highest BCUT2D eigenvalue weighted by Crippen LogP contribution is 2.00. The van der Waals surface area contributed by atoms with Crippen LogP contribution >= 0.6 is 0 Å². The van der Waals surface area contributed by atoms with Gasteiger partial charge in [-0.25, -0.2) is 4.79 Å². The Bertz CT molecular complexity index is 216. The average molecular weight is 202 g/mol. The van der Waals surface area contributed by atoms with Crippen molar-refractivity contribution in [1.82, 2.24) is 9.80 Å². The lowest BCUT2D eigenvalue weighted by molar-refractivity contribution is -0.157. The summed E-state index contributed by atoms with van der Waals surface area (Å²) in [6.07, 6.45) is 0. The van der Waals surface area contributed by atoms with Crippen molar-refractivity contribution >= 4 is 11.9 Å². The molecule has 0 aromatic heterocycles. The van der Waals surface area contributed by atoms with Crippen molar-refractivity contribution in [3.63, 3.8) is 0 Å². The molecule has 0 radical (unpaired) electrons. The zero-order valence-corrected chi connectivity index (χ0v) is 9.15. The quantitative estimate of drug-likeness (QED) is 0.645. The molecule has 1 N–H and O–H groups in total. The van der Waals surface area contributed by atoms with Crippen molar-refractivity contribution in [3.05, 3.63) is 0 Å². The first-order valence-electron chi connectivity index (χ1n) is 4.58. The van der Waals surface area contributed by atoms with Crippen LogP contribution in [0, 0.1) is 0 Å². The van der Waals surface area contributed by atoms with E-state index in [1.54, 1.807) is 6.92 Å². The van der Waals surface area contributed by atoms with Crippen LogP contribution in [0.2, 0.25) is 0 Å². The number of carboxylic acids is 1. The van der Waals surface area contributed by atoms with Gasteiger partial charge in [-0.15, -0.1) is 0 Å². The summed E-state index contributed by atoms with van der Waals surface area (Å²) in [5.74, 6) is -2.22. The summed E-state index contributed by atoms with van der Waals surface area (Å²) in [6.45, 7) is 4.68. The number of hydrogen-bond donors (Lipinski definition) is 1. The Balaban J connectivity index is 4.39. The van der Waals surface area contributed by atoms with Crippen LogP contribution in [0.25, 0.3) is 0 Å².